The summed E-state index contributed by atoms with van der Waals surface area (Å²) in [6.45, 7) is 12.8. The van der Waals surface area contributed by atoms with E-state index < -0.39 is 0 Å². The van der Waals surface area contributed by atoms with Gasteiger partial charge in [0.1, 0.15) is 0 Å². The first-order valence-corrected chi connectivity index (χ1v) is 7.25. The topological polar surface area (TPSA) is 24.5 Å². The Labute approximate surface area is 115 Å². The van der Waals surface area contributed by atoms with Gasteiger partial charge in [0.15, 0.2) is 0 Å². The van der Waals surface area contributed by atoms with Gasteiger partial charge in [0, 0.05) is 26.2 Å². The molecule has 3 rings (SSSR count). The number of hydrogen-bond donors (Lipinski definition) is 1. The molecule has 0 radical (unpaired) electrons. The highest BCUT2D eigenvalue weighted by atomic mass is 16.5. The quantitative estimate of drug-likeness (QED) is 0.876. The molecule has 2 saturated heterocycles. The van der Waals surface area contributed by atoms with Crippen molar-refractivity contribution in [2.45, 2.75) is 26.3 Å². The fourth-order valence-corrected chi connectivity index (χ4v) is 3.36. The molecule has 0 spiro atoms. The summed E-state index contributed by atoms with van der Waals surface area (Å²) in [4.78, 5) is 2.62. The SMILES string of the molecule is Cc1cc(C)c(C2(N3CCNCC3)COC2)cc1C. The molecule has 1 aromatic carbocycles. The number of rotatable bonds is 2. The molecule has 3 heteroatoms. The number of nitrogens with zero attached hydrogens (tertiary/aromatic N) is 1. The van der Waals surface area contributed by atoms with Crippen LogP contribution in [0.1, 0.15) is 22.3 Å². The van der Waals surface area contributed by atoms with Gasteiger partial charge in [0.25, 0.3) is 0 Å². The minimum Gasteiger partial charge on any atom is -0.377 e. The van der Waals surface area contributed by atoms with E-state index in [0.717, 1.165) is 39.4 Å². The van der Waals surface area contributed by atoms with Crippen LogP contribution in [0.5, 0.6) is 0 Å². The number of aryl methyl sites for hydroxylation is 3. The van der Waals surface area contributed by atoms with Gasteiger partial charge < -0.3 is 10.1 Å². The fraction of sp³-hybridized carbons (Fsp3) is 0.625. The predicted molar refractivity (Wildman–Crippen MR) is 77.6 cm³/mol. The number of hydrogen-bond acceptors (Lipinski definition) is 3. The van der Waals surface area contributed by atoms with E-state index in [9.17, 15) is 0 Å². The second kappa shape index (κ2) is 4.89. The molecule has 0 saturated carbocycles. The second-order valence-electron chi connectivity index (χ2n) is 6.01. The van der Waals surface area contributed by atoms with Gasteiger partial charge in [-0.1, -0.05) is 12.1 Å². The van der Waals surface area contributed by atoms with E-state index in [1.165, 1.54) is 22.3 Å². The maximum atomic E-state index is 5.61. The molecule has 104 valence electrons. The van der Waals surface area contributed by atoms with E-state index >= 15 is 0 Å². The Morgan fingerprint density at radius 2 is 1.63 bits per heavy atom. The van der Waals surface area contributed by atoms with E-state index in [-0.39, 0.29) is 5.54 Å². The zero-order chi connectivity index (χ0) is 13.5. The maximum Gasteiger partial charge on any atom is 0.0937 e. The zero-order valence-corrected chi connectivity index (χ0v) is 12.3. The molecule has 2 aliphatic heterocycles. The van der Waals surface area contributed by atoms with Crippen LogP contribution in [0.4, 0.5) is 0 Å². The molecule has 1 N–H and O–H groups in total. The van der Waals surface area contributed by atoms with E-state index in [1.807, 2.05) is 0 Å². The summed E-state index contributed by atoms with van der Waals surface area (Å²) in [6, 6.07) is 4.71. The van der Waals surface area contributed by atoms with Gasteiger partial charge in [-0.15, -0.1) is 0 Å². The van der Waals surface area contributed by atoms with Crippen molar-refractivity contribution >= 4 is 0 Å². The van der Waals surface area contributed by atoms with Crippen molar-refractivity contribution in [1.29, 1.82) is 0 Å². The Hall–Kier alpha value is -0.900. The number of piperazine rings is 1. The zero-order valence-electron chi connectivity index (χ0n) is 12.3. The molecule has 2 heterocycles. The third-order valence-corrected chi connectivity index (χ3v) is 4.75. The molecule has 0 bridgehead atoms. The van der Waals surface area contributed by atoms with Crippen LogP contribution in [-0.4, -0.2) is 44.3 Å². The van der Waals surface area contributed by atoms with Crippen LogP contribution < -0.4 is 5.32 Å². The van der Waals surface area contributed by atoms with Crippen molar-refractivity contribution in [1.82, 2.24) is 10.2 Å². The van der Waals surface area contributed by atoms with Crippen molar-refractivity contribution in [3.63, 3.8) is 0 Å². The lowest BCUT2D eigenvalue weighted by molar-refractivity contribution is -0.149. The predicted octanol–water partition coefficient (Wildman–Crippen LogP) is 1.74. The fourth-order valence-electron chi connectivity index (χ4n) is 3.36. The molecule has 0 aliphatic carbocycles. The molecule has 0 unspecified atom stereocenters. The van der Waals surface area contributed by atoms with Gasteiger partial charge in [-0.3, -0.25) is 4.90 Å². The van der Waals surface area contributed by atoms with Crippen molar-refractivity contribution < 1.29 is 4.74 Å². The molecule has 0 aromatic heterocycles. The van der Waals surface area contributed by atoms with Gasteiger partial charge >= 0.3 is 0 Å². The molecular weight excluding hydrogens is 236 g/mol. The van der Waals surface area contributed by atoms with Crippen LogP contribution >= 0.6 is 0 Å². The van der Waals surface area contributed by atoms with E-state index in [4.69, 9.17) is 4.74 Å². The molecule has 0 amide bonds. The summed E-state index contributed by atoms with van der Waals surface area (Å²) in [7, 11) is 0. The van der Waals surface area contributed by atoms with Gasteiger partial charge in [0.2, 0.25) is 0 Å². The molecule has 0 atom stereocenters. The minimum atomic E-state index is 0.130. The van der Waals surface area contributed by atoms with Crippen LogP contribution in [-0.2, 0) is 10.3 Å². The Kier molecular flexibility index (Phi) is 3.37. The third-order valence-electron chi connectivity index (χ3n) is 4.75. The van der Waals surface area contributed by atoms with Gasteiger partial charge in [-0.25, -0.2) is 0 Å². The smallest absolute Gasteiger partial charge is 0.0937 e. The van der Waals surface area contributed by atoms with Gasteiger partial charge in [-0.05, 0) is 43.0 Å². The Morgan fingerprint density at radius 1 is 1.00 bits per heavy atom. The van der Waals surface area contributed by atoms with Crippen LogP contribution in [0.15, 0.2) is 12.1 Å². The van der Waals surface area contributed by atoms with E-state index in [1.54, 1.807) is 0 Å². The first-order chi connectivity index (χ1) is 9.13. The first-order valence-electron chi connectivity index (χ1n) is 7.25. The lowest BCUT2D eigenvalue weighted by atomic mass is 9.81. The summed E-state index contributed by atoms with van der Waals surface area (Å²) in [5.74, 6) is 0. The summed E-state index contributed by atoms with van der Waals surface area (Å²) in [5, 5.41) is 3.44. The lowest BCUT2D eigenvalue weighted by Gasteiger charge is -2.52. The summed E-state index contributed by atoms with van der Waals surface area (Å²) in [6.07, 6.45) is 0. The molecule has 19 heavy (non-hydrogen) atoms. The van der Waals surface area contributed by atoms with Crippen molar-refractivity contribution in [2.24, 2.45) is 0 Å². The molecule has 3 nitrogen and oxygen atoms in total. The molecule has 2 fully saturated rings. The van der Waals surface area contributed by atoms with Crippen molar-refractivity contribution in [3.05, 3.63) is 34.4 Å². The highest BCUT2D eigenvalue weighted by Crippen LogP contribution is 2.38. The molecule has 2 aliphatic rings. The largest absolute Gasteiger partial charge is 0.377 e. The average molecular weight is 260 g/mol. The first kappa shape index (κ1) is 13.1. The van der Waals surface area contributed by atoms with Crippen LogP contribution in [0.3, 0.4) is 0 Å². The number of nitrogens with one attached hydrogen (secondary N) is 1. The average Bonchev–Trinajstić information content (AvgIpc) is 2.35. The van der Waals surface area contributed by atoms with Crippen molar-refractivity contribution in [3.8, 4) is 0 Å². The van der Waals surface area contributed by atoms with Crippen LogP contribution in [0, 0.1) is 20.8 Å². The summed E-state index contributed by atoms with van der Waals surface area (Å²) < 4.78 is 5.61. The third kappa shape index (κ3) is 2.10. The maximum absolute atomic E-state index is 5.61. The van der Waals surface area contributed by atoms with Gasteiger partial charge in [0.05, 0.1) is 18.8 Å². The standard InChI is InChI=1S/C16H24N2O/c1-12-8-14(3)15(9-13(12)2)16(10-19-11-16)18-6-4-17-5-7-18/h8-9,17H,4-7,10-11H2,1-3H3. The summed E-state index contributed by atoms with van der Waals surface area (Å²) in [5.41, 5.74) is 5.79. The lowest BCUT2D eigenvalue weighted by Crippen LogP contribution is -2.63. The Morgan fingerprint density at radius 3 is 2.21 bits per heavy atom. The van der Waals surface area contributed by atoms with Crippen LogP contribution in [0.25, 0.3) is 0 Å². The second-order valence-corrected chi connectivity index (χ2v) is 6.01. The highest BCUT2D eigenvalue weighted by molar-refractivity contribution is 5.42. The molecular formula is C16H24N2O. The minimum absolute atomic E-state index is 0.130. The number of ether oxygens (including phenoxy) is 1. The highest BCUT2D eigenvalue weighted by Gasteiger charge is 2.46. The number of benzene rings is 1. The molecule has 1 aromatic rings. The Bertz CT molecular complexity index is 474. The Balaban J connectivity index is 1.99. The summed E-state index contributed by atoms with van der Waals surface area (Å²) >= 11 is 0. The van der Waals surface area contributed by atoms with Crippen molar-refractivity contribution in [2.75, 3.05) is 39.4 Å². The monoisotopic (exact) mass is 260 g/mol. The van der Waals surface area contributed by atoms with Gasteiger partial charge in [-0.2, -0.15) is 0 Å². The van der Waals surface area contributed by atoms with Crippen LogP contribution in [0.2, 0.25) is 0 Å². The van der Waals surface area contributed by atoms with E-state index in [2.05, 4.69) is 43.1 Å². The normalized spacial score (nSPS) is 23.1. The van der Waals surface area contributed by atoms with E-state index in [0.29, 0.717) is 0 Å².